The molecule has 31 heavy (non-hydrogen) atoms. The smallest absolute Gasteiger partial charge is 0.309 e. The molecule has 1 unspecified atom stereocenters. The fourth-order valence-electron chi connectivity index (χ4n) is 4.07. The number of aryl methyl sites for hydroxylation is 1. The van der Waals surface area contributed by atoms with Crippen molar-refractivity contribution >= 4 is 39.8 Å². The summed E-state index contributed by atoms with van der Waals surface area (Å²) < 4.78 is 7.11. The lowest BCUT2D eigenvalue weighted by Crippen LogP contribution is -2.49. The third-order valence-electron chi connectivity index (χ3n) is 6.82. The lowest BCUT2D eigenvalue weighted by Gasteiger charge is -2.37. The van der Waals surface area contributed by atoms with Crippen molar-refractivity contribution in [3.05, 3.63) is 63.8 Å². The quantitative estimate of drug-likeness (QED) is 0.430. The van der Waals surface area contributed by atoms with Crippen LogP contribution < -0.4 is 10.8 Å². The van der Waals surface area contributed by atoms with Crippen LogP contribution >= 0.6 is 15.9 Å². The standard InChI is InChI=1S/C25H32BBrN2O2/c1-24(2,30)25(3,4)31-26-17-10-8-16(9-11-17)15-28-22-7-5-6-19-20-14-18(27)12-13-21(20)29-23(19)22/h8-14,22,26,28-30H,5-7,15H2,1-4H3. The third-order valence-corrected chi connectivity index (χ3v) is 7.31. The topological polar surface area (TPSA) is 57.3 Å². The Hall–Kier alpha value is -1.60. The molecule has 3 aromatic rings. The van der Waals surface area contributed by atoms with Gasteiger partial charge in [-0.2, -0.15) is 0 Å². The zero-order chi connectivity index (χ0) is 22.2. The Morgan fingerprint density at radius 1 is 1.16 bits per heavy atom. The van der Waals surface area contributed by atoms with Crippen molar-refractivity contribution in [2.75, 3.05) is 0 Å². The van der Waals surface area contributed by atoms with Crippen LogP contribution in [0.3, 0.4) is 0 Å². The van der Waals surface area contributed by atoms with Crippen LogP contribution in [0, 0.1) is 0 Å². The van der Waals surface area contributed by atoms with Crippen LogP contribution in [0.25, 0.3) is 10.9 Å². The Labute approximate surface area is 194 Å². The summed E-state index contributed by atoms with van der Waals surface area (Å²) >= 11 is 3.61. The van der Waals surface area contributed by atoms with Crippen LogP contribution in [-0.2, 0) is 17.6 Å². The predicted octanol–water partition coefficient (Wildman–Crippen LogP) is 4.64. The Morgan fingerprint density at radius 2 is 1.90 bits per heavy atom. The van der Waals surface area contributed by atoms with E-state index in [1.165, 1.54) is 34.1 Å². The van der Waals surface area contributed by atoms with Gasteiger partial charge >= 0.3 is 7.48 Å². The summed E-state index contributed by atoms with van der Waals surface area (Å²) in [4.78, 5) is 3.66. The second-order valence-corrected chi connectivity index (χ2v) is 10.6. The summed E-state index contributed by atoms with van der Waals surface area (Å²) in [5.41, 5.74) is 4.90. The van der Waals surface area contributed by atoms with Gasteiger partial charge in [-0.05, 0) is 76.3 Å². The van der Waals surface area contributed by atoms with E-state index < -0.39 is 11.2 Å². The molecular formula is C25H32BBrN2O2. The number of rotatable bonds is 7. The molecule has 1 aromatic heterocycles. The summed E-state index contributed by atoms with van der Waals surface area (Å²) in [7, 11) is 0.487. The number of hydrogen-bond acceptors (Lipinski definition) is 3. The second kappa shape index (κ2) is 8.74. The van der Waals surface area contributed by atoms with E-state index in [-0.39, 0.29) is 0 Å². The molecule has 0 saturated carbocycles. The van der Waals surface area contributed by atoms with E-state index in [9.17, 15) is 5.11 Å². The van der Waals surface area contributed by atoms with Crippen LogP contribution in [0.4, 0.5) is 0 Å². The van der Waals surface area contributed by atoms with E-state index in [0.29, 0.717) is 13.5 Å². The van der Waals surface area contributed by atoms with Gasteiger partial charge in [0.05, 0.1) is 11.2 Å². The molecule has 0 fully saturated rings. The maximum atomic E-state index is 10.3. The number of benzene rings is 2. The molecule has 3 N–H and O–H groups in total. The van der Waals surface area contributed by atoms with Gasteiger partial charge in [0.25, 0.3) is 0 Å². The van der Waals surface area contributed by atoms with Gasteiger partial charge in [0.1, 0.15) is 0 Å². The largest absolute Gasteiger partial charge is 0.427 e. The number of aromatic nitrogens is 1. The molecule has 4 nitrogen and oxygen atoms in total. The Balaban J connectivity index is 1.39. The molecule has 0 amide bonds. The minimum absolute atomic E-state index is 0.352. The number of aliphatic hydroxyl groups is 1. The summed E-state index contributed by atoms with van der Waals surface area (Å²) in [5.74, 6) is 0. The zero-order valence-electron chi connectivity index (χ0n) is 18.9. The molecule has 0 radical (unpaired) electrons. The van der Waals surface area contributed by atoms with Crippen molar-refractivity contribution in [3.8, 4) is 0 Å². The fourth-order valence-corrected chi connectivity index (χ4v) is 4.43. The molecule has 1 aliphatic carbocycles. The number of halogens is 1. The maximum Gasteiger partial charge on any atom is 0.309 e. The van der Waals surface area contributed by atoms with Gasteiger partial charge in [0, 0.05) is 33.7 Å². The highest BCUT2D eigenvalue weighted by Crippen LogP contribution is 2.36. The summed E-state index contributed by atoms with van der Waals surface area (Å²) in [6, 6.07) is 15.4. The van der Waals surface area contributed by atoms with Crippen LogP contribution in [-0.4, -0.2) is 28.8 Å². The number of aromatic amines is 1. The fraction of sp³-hybridized carbons (Fsp3) is 0.440. The average Bonchev–Trinajstić information content (AvgIpc) is 3.09. The second-order valence-electron chi connectivity index (χ2n) is 9.71. The van der Waals surface area contributed by atoms with Crippen molar-refractivity contribution in [2.45, 2.75) is 70.7 Å². The molecule has 1 heterocycles. The molecular weight excluding hydrogens is 451 g/mol. The Bertz CT molecular complexity index is 1050. The van der Waals surface area contributed by atoms with Gasteiger partial charge in [0.2, 0.25) is 0 Å². The molecule has 1 atom stereocenters. The highest BCUT2D eigenvalue weighted by Gasteiger charge is 2.35. The van der Waals surface area contributed by atoms with Crippen LogP contribution in [0.5, 0.6) is 0 Å². The zero-order valence-corrected chi connectivity index (χ0v) is 20.5. The highest BCUT2D eigenvalue weighted by atomic mass is 79.9. The molecule has 0 bridgehead atoms. The van der Waals surface area contributed by atoms with Crippen LogP contribution in [0.1, 0.15) is 63.4 Å². The van der Waals surface area contributed by atoms with Crippen molar-refractivity contribution in [2.24, 2.45) is 0 Å². The first-order valence-corrected chi connectivity index (χ1v) is 11.9. The number of H-pyrrole nitrogens is 1. The highest BCUT2D eigenvalue weighted by molar-refractivity contribution is 9.10. The summed E-state index contributed by atoms with van der Waals surface area (Å²) in [6.07, 6.45) is 3.50. The van der Waals surface area contributed by atoms with Gasteiger partial charge in [-0.3, -0.25) is 0 Å². The van der Waals surface area contributed by atoms with Gasteiger partial charge in [-0.1, -0.05) is 45.7 Å². The molecule has 164 valence electrons. The van der Waals surface area contributed by atoms with Crippen molar-refractivity contribution in [3.63, 3.8) is 0 Å². The lowest BCUT2D eigenvalue weighted by atomic mass is 9.82. The summed E-state index contributed by atoms with van der Waals surface area (Å²) in [5, 5.41) is 15.4. The average molecular weight is 483 g/mol. The third kappa shape index (κ3) is 4.93. The van der Waals surface area contributed by atoms with Crippen molar-refractivity contribution in [1.82, 2.24) is 10.3 Å². The molecule has 6 heteroatoms. The van der Waals surface area contributed by atoms with Gasteiger partial charge in [-0.15, -0.1) is 0 Å². The SMILES string of the molecule is CC(C)(O)C(C)(C)OBc1ccc(CNC2CCCc3c2[nH]c2ccc(Br)cc32)cc1. The van der Waals surface area contributed by atoms with E-state index in [4.69, 9.17) is 4.65 Å². The number of nitrogens with one attached hydrogen (secondary N) is 2. The molecule has 2 aromatic carbocycles. The molecule has 0 spiro atoms. The van der Waals surface area contributed by atoms with E-state index >= 15 is 0 Å². The normalized spacial score (nSPS) is 17.0. The van der Waals surface area contributed by atoms with Crippen LogP contribution in [0.2, 0.25) is 0 Å². The molecule has 4 rings (SSSR count). The molecule has 0 saturated heterocycles. The van der Waals surface area contributed by atoms with E-state index in [2.05, 4.69) is 68.7 Å². The summed E-state index contributed by atoms with van der Waals surface area (Å²) in [6.45, 7) is 8.24. The monoisotopic (exact) mass is 482 g/mol. The van der Waals surface area contributed by atoms with Gasteiger partial charge in [-0.25, -0.2) is 0 Å². The molecule has 1 aliphatic rings. The Kier molecular flexibility index (Phi) is 6.37. The minimum Gasteiger partial charge on any atom is -0.427 e. The predicted molar refractivity (Wildman–Crippen MR) is 133 cm³/mol. The van der Waals surface area contributed by atoms with Crippen molar-refractivity contribution < 1.29 is 9.76 Å². The lowest BCUT2D eigenvalue weighted by molar-refractivity contribution is -0.0893. The van der Waals surface area contributed by atoms with E-state index in [0.717, 1.165) is 29.3 Å². The number of hydrogen-bond donors (Lipinski definition) is 3. The molecule has 0 aliphatic heterocycles. The van der Waals surface area contributed by atoms with Gasteiger partial charge in [0.15, 0.2) is 0 Å². The first-order chi connectivity index (χ1) is 14.6. The van der Waals surface area contributed by atoms with Crippen LogP contribution in [0.15, 0.2) is 46.9 Å². The Morgan fingerprint density at radius 3 is 2.61 bits per heavy atom. The first kappa shape index (κ1) is 22.6. The van der Waals surface area contributed by atoms with E-state index in [1.807, 2.05) is 13.8 Å². The maximum absolute atomic E-state index is 10.3. The van der Waals surface area contributed by atoms with E-state index in [1.54, 1.807) is 13.8 Å². The minimum atomic E-state index is -0.894. The number of fused-ring (bicyclic) bond motifs is 3. The first-order valence-electron chi connectivity index (χ1n) is 11.1. The van der Waals surface area contributed by atoms with Crippen molar-refractivity contribution in [1.29, 1.82) is 0 Å². The van der Waals surface area contributed by atoms with Gasteiger partial charge < -0.3 is 20.1 Å².